The largest absolute Gasteiger partial charge is 0.493 e. The third kappa shape index (κ3) is 3.76. The highest BCUT2D eigenvalue weighted by molar-refractivity contribution is 5.95. The van der Waals surface area contributed by atoms with Gasteiger partial charge >= 0.3 is 0 Å². The SMILES string of the molecule is COc1cc(C(=O)NCCc2c(C)[nH]c3ccc(C)cc23)cc(OC)c1OC. The van der Waals surface area contributed by atoms with Gasteiger partial charge in [0.25, 0.3) is 5.91 Å². The Morgan fingerprint density at radius 2 is 1.68 bits per heavy atom. The minimum absolute atomic E-state index is 0.187. The lowest BCUT2D eigenvalue weighted by Gasteiger charge is -2.14. The Hall–Kier alpha value is -3.15. The molecule has 2 N–H and O–H groups in total. The number of fused-ring (bicyclic) bond motifs is 1. The van der Waals surface area contributed by atoms with Gasteiger partial charge in [0, 0.05) is 28.7 Å². The Kier molecular flexibility index (Phi) is 5.78. The van der Waals surface area contributed by atoms with E-state index in [1.165, 1.54) is 37.8 Å². The van der Waals surface area contributed by atoms with Crippen molar-refractivity contribution < 1.29 is 19.0 Å². The summed E-state index contributed by atoms with van der Waals surface area (Å²) in [5.74, 6) is 1.18. The zero-order valence-electron chi connectivity index (χ0n) is 16.9. The van der Waals surface area contributed by atoms with Crippen LogP contribution in [-0.4, -0.2) is 38.8 Å². The van der Waals surface area contributed by atoms with E-state index in [0.29, 0.717) is 29.4 Å². The van der Waals surface area contributed by atoms with Crippen molar-refractivity contribution in [1.29, 1.82) is 0 Å². The van der Waals surface area contributed by atoms with Crippen LogP contribution in [0.4, 0.5) is 0 Å². The van der Waals surface area contributed by atoms with Gasteiger partial charge < -0.3 is 24.5 Å². The lowest BCUT2D eigenvalue weighted by Crippen LogP contribution is -2.26. The summed E-state index contributed by atoms with van der Waals surface area (Å²) in [5, 5.41) is 4.19. The highest BCUT2D eigenvalue weighted by atomic mass is 16.5. The van der Waals surface area contributed by atoms with Crippen molar-refractivity contribution in [2.75, 3.05) is 27.9 Å². The summed E-state index contributed by atoms with van der Waals surface area (Å²) in [6, 6.07) is 9.66. The molecule has 3 rings (SSSR count). The number of rotatable bonds is 7. The van der Waals surface area contributed by atoms with Crippen LogP contribution in [0.1, 0.15) is 27.2 Å². The van der Waals surface area contributed by atoms with Crippen molar-refractivity contribution in [2.24, 2.45) is 0 Å². The van der Waals surface area contributed by atoms with E-state index in [0.717, 1.165) is 17.6 Å². The minimum Gasteiger partial charge on any atom is -0.493 e. The fourth-order valence-corrected chi connectivity index (χ4v) is 3.43. The van der Waals surface area contributed by atoms with Gasteiger partial charge in [-0.3, -0.25) is 4.79 Å². The van der Waals surface area contributed by atoms with Gasteiger partial charge in [-0.25, -0.2) is 0 Å². The van der Waals surface area contributed by atoms with Gasteiger partial charge in [-0.15, -0.1) is 0 Å². The smallest absolute Gasteiger partial charge is 0.251 e. The molecule has 0 bridgehead atoms. The number of aryl methyl sites for hydroxylation is 2. The number of aromatic amines is 1. The molecule has 0 spiro atoms. The third-order valence-electron chi connectivity index (χ3n) is 4.86. The molecule has 1 aromatic heterocycles. The van der Waals surface area contributed by atoms with E-state index in [1.54, 1.807) is 12.1 Å². The summed E-state index contributed by atoms with van der Waals surface area (Å²) in [4.78, 5) is 16.0. The number of aromatic nitrogens is 1. The molecule has 1 heterocycles. The summed E-state index contributed by atoms with van der Waals surface area (Å²) in [6.07, 6.45) is 0.742. The van der Waals surface area contributed by atoms with Crippen molar-refractivity contribution in [1.82, 2.24) is 10.3 Å². The first-order valence-electron chi connectivity index (χ1n) is 9.14. The molecule has 0 saturated carbocycles. The van der Waals surface area contributed by atoms with Gasteiger partial charge in [-0.2, -0.15) is 0 Å². The van der Waals surface area contributed by atoms with Crippen LogP contribution in [0, 0.1) is 13.8 Å². The molecule has 0 radical (unpaired) electrons. The van der Waals surface area contributed by atoms with Gasteiger partial charge in [-0.1, -0.05) is 11.6 Å². The van der Waals surface area contributed by atoms with Gasteiger partial charge in [0.05, 0.1) is 21.3 Å². The van der Waals surface area contributed by atoms with Crippen LogP contribution in [0.25, 0.3) is 10.9 Å². The number of carbonyl (C=O) groups excluding carboxylic acids is 1. The fourth-order valence-electron chi connectivity index (χ4n) is 3.43. The second-order valence-corrected chi connectivity index (χ2v) is 6.70. The summed E-state index contributed by atoms with van der Waals surface area (Å²) in [6.45, 7) is 4.67. The molecule has 0 atom stereocenters. The molecule has 0 aliphatic rings. The summed E-state index contributed by atoms with van der Waals surface area (Å²) < 4.78 is 15.9. The highest BCUT2D eigenvalue weighted by Gasteiger charge is 2.17. The topological polar surface area (TPSA) is 72.6 Å². The molecule has 3 aromatic rings. The summed E-state index contributed by atoms with van der Waals surface area (Å²) in [5.41, 5.74) is 5.15. The number of benzene rings is 2. The normalized spacial score (nSPS) is 10.8. The second-order valence-electron chi connectivity index (χ2n) is 6.70. The van der Waals surface area contributed by atoms with E-state index in [9.17, 15) is 4.79 Å². The second kappa shape index (κ2) is 8.25. The van der Waals surface area contributed by atoms with Crippen molar-refractivity contribution in [3.63, 3.8) is 0 Å². The van der Waals surface area contributed by atoms with E-state index in [-0.39, 0.29) is 5.91 Å². The molecule has 0 fully saturated rings. The van der Waals surface area contributed by atoms with Crippen LogP contribution >= 0.6 is 0 Å². The van der Waals surface area contributed by atoms with Crippen molar-refractivity contribution in [2.45, 2.75) is 20.3 Å². The molecular formula is C22H26N2O4. The lowest BCUT2D eigenvalue weighted by atomic mass is 10.1. The molecule has 148 valence electrons. The number of hydrogen-bond acceptors (Lipinski definition) is 4. The van der Waals surface area contributed by atoms with Crippen molar-refractivity contribution in [3.8, 4) is 17.2 Å². The zero-order chi connectivity index (χ0) is 20.3. The van der Waals surface area contributed by atoms with Crippen molar-refractivity contribution in [3.05, 3.63) is 52.7 Å². The molecule has 0 aliphatic carbocycles. The zero-order valence-corrected chi connectivity index (χ0v) is 16.9. The molecule has 6 nitrogen and oxygen atoms in total. The molecule has 1 amide bonds. The van der Waals surface area contributed by atoms with E-state index >= 15 is 0 Å². The van der Waals surface area contributed by atoms with Gasteiger partial charge in [0.15, 0.2) is 11.5 Å². The molecule has 28 heavy (non-hydrogen) atoms. The number of carbonyl (C=O) groups is 1. The number of hydrogen-bond donors (Lipinski definition) is 2. The molecule has 6 heteroatoms. The quantitative estimate of drug-likeness (QED) is 0.652. The fraction of sp³-hybridized carbons (Fsp3) is 0.318. The Bertz CT molecular complexity index is 982. The Balaban J connectivity index is 1.75. The minimum atomic E-state index is -0.187. The first-order valence-corrected chi connectivity index (χ1v) is 9.14. The average Bonchev–Trinajstić information content (AvgIpc) is 3.01. The molecule has 0 saturated heterocycles. The average molecular weight is 382 g/mol. The molecule has 0 aliphatic heterocycles. The first-order chi connectivity index (χ1) is 13.5. The Morgan fingerprint density at radius 3 is 2.29 bits per heavy atom. The standard InChI is InChI=1S/C22H26N2O4/c1-13-6-7-18-17(10-13)16(14(2)24-18)8-9-23-22(25)15-11-19(26-3)21(28-5)20(12-15)27-4/h6-7,10-12,24H,8-9H2,1-5H3,(H,23,25). The van der Waals surface area contributed by atoms with Crippen LogP contribution in [0.5, 0.6) is 17.2 Å². The summed E-state index contributed by atoms with van der Waals surface area (Å²) >= 11 is 0. The van der Waals surface area contributed by atoms with Crippen molar-refractivity contribution >= 4 is 16.8 Å². The van der Waals surface area contributed by atoms with E-state index < -0.39 is 0 Å². The Morgan fingerprint density at radius 1 is 1.00 bits per heavy atom. The number of nitrogens with one attached hydrogen (secondary N) is 2. The van der Waals surface area contributed by atoms with Gasteiger partial charge in [-0.05, 0) is 50.1 Å². The number of amides is 1. The van der Waals surface area contributed by atoms with Crippen LogP contribution in [-0.2, 0) is 6.42 Å². The number of H-pyrrole nitrogens is 1. The predicted molar refractivity (Wildman–Crippen MR) is 110 cm³/mol. The van der Waals surface area contributed by atoms with Crippen LogP contribution in [0.15, 0.2) is 30.3 Å². The van der Waals surface area contributed by atoms with Gasteiger partial charge in [0.1, 0.15) is 0 Å². The first kappa shape index (κ1) is 19.6. The number of methoxy groups -OCH3 is 3. The monoisotopic (exact) mass is 382 g/mol. The Labute approximate surface area is 164 Å². The maximum absolute atomic E-state index is 12.6. The maximum atomic E-state index is 12.6. The maximum Gasteiger partial charge on any atom is 0.251 e. The molecule has 2 aromatic carbocycles. The summed E-state index contributed by atoms with van der Waals surface area (Å²) in [7, 11) is 4.59. The van der Waals surface area contributed by atoms with Crippen LogP contribution in [0.2, 0.25) is 0 Å². The molecule has 0 unspecified atom stereocenters. The number of ether oxygens (including phenoxy) is 3. The van der Waals surface area contributed by atoms with E-state index in [1.807, 2.05) is 0 Å². The van der Waals surface area contributed by atoms with Crippen LogP contribution in [0.3, 0.4) is 0 Å². The lowest BCUT2D eigenvalue weighted by molar-refractivity contribution is 0.0953. The molecular weight excluding hydrogens is 356 g/mol. The van der Waals surface area contributed by atoms with E-state index in [2.05, 4.69) is 42.3 Å². The predicted octanol–water partition coefficient (Wildman–Crippen LogP) is 3.78. The van der Waals surface area contributed by atoms with Crippen LogP contribution < -0.4 is 19.5 Å². The highest BCUT2D eigenvalue weighted by Crippen LogP contribution is 2.38. The van der Waals surface area contributed by atoms with Gasteiger partial charge in [0.2, 0.25) is 5.75 Å². The van der Waals surface area contributed by atoms with E-state index in [4.69, 9.17) is 14.2 Å². The third-order valence-corrected chi connectivity index (χ3v) is 4.86.